The number of Topliss-reactive ketones (excluding diaryl/α,β-unsaturated/α-hetero) is 1. The van der Waals surface area contributed by atoms with Gasteiger partial charge in [0.2, 0.25) is 0 Å². The lowest BCUT2D eigenvalue weighted by Gasteiger charge is -1.99. The summed E-state index contributed by atoms with van der Waals surface area (Å²) in [5.41, 5.74) is 0. The van der Waals surface area contributed by atoms with Gasteiger partial charge in [0.1, 0.15) is 0 Å². The quantitative estimate of drug-likeness (QED) is 0.787. The van der Waals surface area contributed by atoms with E-state index in [1.807, 2.05) is 0 Å². The lowest BCUT2D eigenvalue weighted by atomic mass is 10.2. The van der Waals surface area contributed by atoms with E-state index in [-0.39, 0.29) is 5.78 Å². The molecule has 4 heteroatoms. The van der Waals surface area contributed by atoms with Crippen molar-refractivity contribution < 1.29 is 4.79 Å². The van der Waals surface area contributed by atoms with Crippen LogP contribution in [0.1, 0.15) is 28.9 Å². The van der Waals surface area contributed by atoms with Crippen LogP contribution in [0, 0.1) is 0 Å². The minimum atomic E-state index is 0.190. The summed E-state index contributed by atoms with van der Waals surface area (Å²) in [4.78, 5) is 12.3. The van der Waals surface area contributed by atoms with E-state index in [4.69, 9.17) is 11.6 Å². The molecule has 0 amide bonds. The molecule has 0 saturated heterocycles. The third-order valence-electron chi connectivity index (χ3n) is 2.21. The zero-order valence-corrected chi connectivity index (χ0v) is 9.33. The predicted molar refractivity (Wildman–Crippen MR) is 59.3 cm³/mol. The molecule has 1 saturated carbocycles. The molecule has 0 aromatic carbocycles. The molecule has 1 heterocycles. The molecule has 1 aromatic heterocycles. The molecule has 2 nitrogen and oxygen atoms in total. The fourth-order valence-corrected chi connectivity index (χ4v) is 2.28. The third-order valence-corrected chi connectivity index (χ3v) is 3.48. The SMILES string of the molecule is O=C(CCNC1CC1)c1ccc(Cl)s1. The molecule has 0 atom stereocenters. The van der Waals surface area contributed by atoms with Crippen LogP contribution in [0.3, 0.4) is 0 Å². The normalized spacial score (nSPS) is 15.8. The zero-order valence-electron chi connectivity index (χ0n) is 7.75. The summed E-state index contributed by atoms with van der Waals surface area (Å²) in [6.07, 6.45) is 3.10. The first-order chi connectivity index (χ1) is 6.75. The van der Waals surface area contributed by atoms with Crippen LogP contribution >= 0.6 is 22.9 Å². The molecule has 1 aromatic rings. The van der Waals surface area contributed by atoms with Gasteiger partial charge in [0.15, 0.2) is 5.78 Å². The zero-order chi connectivity index (χ0) is 9.97. The number of halogens is 1. The van der Waals surface area contributed by atoms with Crippen LogP contribution < -0.4 is 5.32 Å². The molecule has 0 bridgehead atoms. The van der Waals surface area contributed by atoms with Crippen LogP contribution in [0.5, 0.6) is 0 Å². The van der Waals surface area contributed by atoms with Gasteiger partial charge in [-0.2, -0.15) is 0 Å². The molecule has 14 heavy (non-hydrogen) atoms. The Morgan fingerprint density at radius 3 is 2.93 bits per heavy atom. The molecule has 76 valence electrons. The highest BCUT2D eigenvalue weighted by atomic mass is 35.5. The average molecular weight is 230 g/mol. The van der Waals surface area contributed by atoms with Crippen molar-refractivity contribution in [2.24, 2.45) is 0 Å². The van der Waals surface area contributed by atoms with Crippen molar-refractivity contribution in [3.05, 3.63) is 21.3 Å². The number of nitrogens with one attached hydrogen (secondary N) is 1. The predicted octanol–water partition coefficient (Wildman–Crippen LogP) is 2.73. The minimum absolute atomic E-state index is 0.190. The number of carbonyl (C=O) groups is 1. The van der Waals surface area contributed by atoms with E-state index >= 15 is 0 Å². The maximum atomic E-state index is 11.6. The molecule has 1 N–H and O–H groups in total. The Labute approximate surface area is 92.3 Å². The molecular formula is C10H12ClNOS. The summed E-state index contributed by atoms with van der Waals surface area (Å²) in [5.74, 6) is 0.190. The number of ketones is 1. The molecule has 0 spiro atoms. The van der Waals surface area contributed by atoms with E-state index in [9.17, 15) is 4.79 Å². The van der Waals surface area contributed by atoms with Gasteiger partial charge in [-0.25, -0.2) is 0 Å². The Kier molecular flexibility index (Phi) is 3.21. The topological polar surface area (TPSA) is 29.1 Å². The minimum Gasteiger partial charge on any atom is -0.314 e. The lowest BCUT2D eigenvalue weighted by molar-refractivity contribution is 0.0986. The summed E-state index contributed by atoms with van der Waals surface area (Å²) >= 11 is 7.11. The van der Waals surface area contributed by atoms with E-state index in [1.165, 1.54) is 24.2 Å². The lowest BCUT2D eigenvalue weighted by Crippen LogP contribution is -2.19. The van der Waals surface area contributed by atoms with Crippen LogP contribution in [-0.4, -0.2) is 18.4 Å². The Morgan fingerprint density at radius 2 is 2.36 bits per heavy atom. The highest BCUT2D eigenvalue weighted by Gasteiger charge is 2.20. The second-order valence-electron chi connectivity index (χ2n) is 3.51. The number of hydrogen-bond donors (Lipinski definition) is 1. The van der Waals surface area contributed by atoms with Crippen molar-refractivity contribution in [3.63, 3.8) is 0 Å². The van der Waals surface area contributed by atoms with Crippen molar-refractivity contribution in [2.45, 2.75) is 25.3 Å². The molecule has 0 unspecified atom stereocenters. The van der Waals surface area contributed by atoms with Crippen molar-refractivity contribution in [1.29, 1.82) is 0 Å². The van der Waals surface area contributed by atoms with E-state index in [0.29, 0.717) is 16.8 Å². The second kappa shape index (κ2) is 4.43. The van der Waals surface area contributed by atoms with Crippen LogP contribution in [0.2, 0.25) is 4.34 Å². The number of rotatable bonds is 5. The second-order valence-corrected chi connectivity index (χ2v) is 5.22. The van der Waals surface area contributed by atoms with Gasteiger partial charge in [0, 0.05) is 19.0 Å². The number of thiophene rings is 1. The van der Waals surface area contributed by atoms with Crippen molar-refractivity contribution in [1.82, 2.24) is 5.32 Å². The van der Waals surface area contributed by atoms with Crippen LogP contribution in [0.4, 0.5) is 0 Å². The third kappa shape index (κ3) is 2.80. The summed E-state index contributed by atoms with van der Waals surface area (Å²) < 4.78 is 0.684. The van der Waals surface area contributed by atoms with Crippen molar-refractivity contribution in [2.75, 3.05) is 6.54 Å². The fourth-order valence-electron chi connectivity index (χ4n) is 1.26. The molecule has 2 rings (SSSR count). The van der Waals surface area contributed by atoms with Crippen molar-refractivity contribution in [3.8, 4) is 0 Å². The van der Waals surface area contributed by atoms with E-state index in [1.54, 1.807) is 12.1 Å². The monoisotopic (exact) mass is 229 g/mol. The van der Waals surface area contributed by atoms with Crippen molar-refractivity contribution >= 4 is 28.7 Å². The molecule has 1 fully saturated rings. The molecule has 1 aliphatic rings. The smallest absolute Gasteiger partial charge is 0.174 e. The van der Waals surface area contributed by atoms with Gasteiger partial charge in [0.25, 0.3) is 0 Å². The first kappa shape index (κ1) is 10.1. The molecular weight excluding hydrogens is 218 g/mol. The van der Waals surface area contributed by atoms with E-state index in [2.05, 4.69) is 5.32 Å². The van der Waals surface area contributed by atoms with Crippen LogP contribution in [0.15, 0.2) is 12.1 Å². The number of hydrogen-bond acceptors (Lipinski definition) is 3. The molecule has 0 radical (unpaired) electrons. The summed E-state index contributed by atoms with van der Waals surface area (Å²) in [6.45, 7) is 0.791. The average Bonchev–Trinajstić information content (AvgIpc) is 2.87. The van der Waals surface area contributed by atoms with Gasteiger partial charge in [-0.15, -0.1) is 11.3 Å². The van der Waals surface area contributed by atoms with Crippen LogP contribution in [0.25, 0.3) is 0 Å². The largest absolute Gasteiger partial charge is 0.314 e. The van der Waals surface area contributed by atoms with Gasteiger partial charge >= 0.3 is 0 Å². The first-order valence-corrected chi connectivity index (χ1v) is 5.97. The fraction of sp³-hybridized carbons (Fsp3) is 0.500. The summed E-state index contributed by atoms with van der Waals surface area (Å²) in [6, 6.07) is 4.25. The Hall–Kier alpha value is -0.380. The first-order valence-electron chi connectivity index (χ1n) is 4.77. The maximum absolute atomic E-state index is 11.6. The highest BCUT2D eigenvalue weighted by Crippen LogP contribution is 2.23. The van der Waals surface area contributed by atoms with Gasteiger partial charge in [-0.3, -0.25) is 4.79 Å². The highest BCUT2D eigenvalue weighted by molar-refractivity contribution is 7.18. The summed E-state index contributed by atoms with van der Waals surface area (Å²) in [5, 5.41) is 3.31. The van der Waals surface area contributed by atoms with E-state index in [0.717, 1.165) is 11.4 Å². The van der Waals surface area contributed by atoms with E-state index < -0.39 is 0 Å². The van der Waals surface area contributed by atoms with Gasteiger partial charge in [0.05, 0.1) is 9.21 Å². The Bertz CT molecular complexity index is 333. The maximum Gasteiger partial charge on any atom is 0.174 e. The Morgan fingerprint density at radius 1 is 1.57 bits per heavy atom. The van der Waals surface area contributed by atoms with Crippen LogP contribution in [-0.2, 0) is 0 Å². The van der Waals surface area contributed by atoms with Gasteiger partial charge in [-0.05, 0) is 25.0 Å². The van der Waals surface area contributed by atoms with Gasteiger partial charge in [-0.1, -0.05) is 11.6 Å². The molecule has 1 aliphatic carbocycles. The number of carbonyl (C=O) groups excluding carboxylic acids is 1. The Balaban J connectivity index is 1.76. The molecule has 0 aliphatic heterocycles. The standard InChI is InChI=1S/C10H12ClNOS/c11-10-4-3-9(14-10)8(13)5-6-12-7-1-2-7/h3-4,7,12H,1-2,5-6H2. The summed E-state index contributed by atoms with van der Waals surface area (Å²) in [7, 11) is 0. The van der Waals surface area contributed by atoms with Gasteiger partial charge < -0.3 is 5.32 Å².